The molecule has 9 heteroatoms. The third-order valence-electron chi connectivity index (χ3n) is 4.94. The van der Waals surface area contributed by atoms with Gasteiger partial charge in [0.2, 0.25) is 5.91 Å². The Balaban J connectivity index is 1.70. The molecule has 0 spiro atoms. The van der Waals surface area contributed by atoms with Gasteiger partial charge in [0, 0.05) is 30.6 Å². The van der Waals surface area contributed by atoms with Gasteiger partial charge in [-0.2, -0.15) is 13.2 Å². The third-order valence-corrected chi connectivity index (χ3v) is 5.94. The highest BCUT2D eigenvalue weighted by atomic mass is 32.1. The van der Waals surface area contributed by atoms with Gasteiger partial charge in [0.05, 0.1) is 15.2 Å². The number of benzene rings is 1. The summed E-state index contributed by atoms with van der Waals surface area (Å²) in [5.41, 5.74) is 0.996. The van der Waals surface area contributed by atoms with Crippen LogP contribution in [0.5, 0.6) is 5.75 Å². The maximum Gasteiger partial charge on any atom is 0.433 e. The molecule has 0 aliphatic carbocycles. The van der Waals surface area contributed by atoms with Gasteiger partial charge in [-0.1, -0.05) is 6.07 Å². The van der Waals surface area contributed by atoms with Crippen LogP contribution < -0.4 is 10.1 Å². The summed E-state index contributed by atoms with van der Waals surface area (Å²) in [7, 11) is 0. The lowest BCUT2D eigenvalue weighted by Gasteiger charge is -2.20. The first-order chi connectivity index (χ1) is 13.7. The minimum absolute atomic E-state index is 0.00816. The molecule has 4 rings (SSSR count). The van der Waals surface area contributed by atoms with Crippen LogP contribution in [0.2, 0.25) is 0 Å². The van der Waals surface area contributed by atoms with E-state index in [1.54, 1.807) is 6.07 Å². The predicted octanol–water partition coefficient (Wildman–Crippen LogP) is 4.59. The highest BCUT2D eigenvalue weighted by Gasteiger charge is 2.32. The van der Waals surface area contributed by atoms with Crippen molar-refractivity contribution >= 4 is 27.5 Å². The fourth-order valence-corrected chi connectivity index (χ4v) is 4.21. The number of hydrogen-bond acceptors (Lipinski definition) is 5. The largest absolute Gasteiger partial charge is 0.489 e. The highest BCUT2D eigenvalue weighted by molar-refractivity contribution is 7.18. The molecule has 152 valence electrons. The van der Waals surface area contributed by atoms with Crippen LogP contribution in [-0.2, 0) is 11.0 Å². The number of amides is 1. The summed E-state index contributed by atoms with van der Waals surface area (Å²) in [5, 5.41) is 3.66. The summed E-state index contributed by atoms with van der Waals surface area (Å²) in [4.78, 5) is 19.6. The molecule has 5 nitrogen and oxygen atoms in total. The number of halogens is 3. The molecule has 1 saturated heterocycles. The van der Waals surface area contributed by atoms with Gasteiger partial charge in [-0.25, -0.2) is 4.98 Å². The van der Waals surface area contributed by atoms with E-state index in [-0.39, 0.29) is 17.9 Å². The SMILES string of the molecule is Cc1nc2cc(-c3ccc(C(F)(F)F)nc3)cc(O[C@H](C)C3CNC(=O)C3)c2s1. The Morgan fingerprint density at radius 2 is 2.07 bits per heavy atom. The van der Waals surface area contributed by atoms with Crippen molar-refractivity contribution in [1.82, 2.24) is 15.3 Å². The molecule has 1 aromatic carbocycles. The third kappa shape index (κ3) is 4.05. The van der Waals surface area contributed by atoms with Crippen LogP contribution in [0.15, 0.2) is 30.5 Å². The Labute approximate surface area is 168 Å². The van der Waals surface area contributed by atoms with Crippen molar-refractivity contribution in [2.45, 2.75) is 32.5 Å². The summed E-state index contributed by atoms with van der Waals surface area (Å²) in [6.45, 7) is 4.36. The maximum atomic E-state index is 12.8. The number of rotatable bonds is 4. The number of fused-ring (bicyclic) bond motifs is 1. The molecule has 1 aliphatic heterocycles. The second-order valence-electron chi connectivity index (χ2n) is 7.08. The molecule has 1 amide bonds. The molecule has 1 aliphatic rings. The van der Waals surface area contributed by atoms with Crippen molar-refractivity contribution in [2.24, 2.45) is 5.92 Å². The van der Waals surface area contributed by atoms with Gasteiger partial charge >= 0.3 is 6.18 Å². The molecular formula is C20H18F3N3O2S. The molecule has 2 aromatic heterocycles. The van der Waals surface area contributed by atoms with Crippen molar-refractivity contribution in [2.75, 3.05) is 6.54 Å². The van der Waals surface area contributed by atoms with E-state index in [0.717, 1.165) is 15.8 Å². The molecule has 1 fully saturated rings. The quantitative estimate of drug-likeness (QED) is 0.669. The van der Waals surface area contributed by atoms with Crippen LogP contribution >= 0.6 is 11.3 Å². The molecule has 0 radical (unpaired) electrons. The number of hydrogen-bond donors (Lipinski definition) is 1. The van der Waals surface area contributed by atoms with Gasteiger partial charge in [-0.15, -0.1) is 11.3 Å². The van der Waals surface area contributed by atoms with Crippen LogP contribution in [0, 0.1) is 12.8 Å². The zero-order valence-electron chi connectivity index (χ0n) is 15.7. The number of alkyl halides is 3. The molecule has 3 heterocycles. The first-order valence-electron chi connectivity index (χ1n) is 9.09. The molecule has 29 heavy (non-hydrogen) atoms. The maximum absolute atomic E-state index is 12.8. The van der Waals surface area contributed by atoms with Crippen LogP contribution in [-0.4, -0.2) is 28.5 Å². The Morgan fingerprint density at radius 1 is 1.28 bits per heavy atom. The molecule has 3 aromatic rings. The number of carbonyl (C=O) groups excluding carboxylic acids is 1. The Morgan fingerprint density at radius 3 is 2.69 bits per heavy atom. The lowest BCUT2D eigenvalue weighted by Crippen LogP contribution is -2.25. The fraction of sp³-hybridized carbons (Fsp3) is 0.350. The lowest BCUT2D eigenvalue weighted by atomic mass is 10.0. The molecule has 0 saturated carbocycles. The minimum atomic E-state index is -4.48. The number of ether oxygens (including phenoxy) is 1. The van der Waals surface area contributed by atoms with Crippen LogP contribution in [0.25, 0.3) is 21.3 Å². The van der Waals surface area contributed by atoms with E-state index in [0.29, 0.717) is 35.4 Å². The van der Waals surface area contributed by atoms with Gasteiger partial charge in [0.1, 0.15) is 17.5 Å². The zero-order valence-corrected chi connectivity index (χ0v) is 16.5. The number of aryl methyl sites for hydroxylation is 1. The molecular weight excluding hydrogens is 403 g/mol. The number of pyridine rings is 1. The van der Waals surface area contributed by atoms with E-state index >= 15 is 0 Å². The van der Waals surface area contributed by atoms with E-state index in [9.17, 15) is 18.0 Å². The van der Waals surface area contributed by atoms with E-state index in [1.165, 1.54) is 23.6 Å². The van der Waals surface area contributed by atoms with Crippen molar-refractivity contribution < 1.29 is 22.7 Å². The van der Waals surface area contributed by atoms with Gasteiger partial charge in [-0.3, -0.25) is 9.78 Å². The van der Waals surface area contributed by atoms with Crippen molar-refractivity contribution in [3.05, 3.63) is 41.2 Å². The fourth-order valence-electron chi connectivity index (χ4n) is 3.36. The minimum Gasteiger partial charge on any atom is -0.489 e. The van der Waals surface area contributed by atoms with Crippen molar-refractivity contribution in [3.8, 4) is 16.9 Å². The molecule has 1 unspecified atom stereocenters. The van der Waals surface area contributed by atoms with Crippen molar-refractivity contribution in [3.63, 3.8) is 0 Å². The monoisotopic (exact) mass is 421 g/mol. The number of thiazole rings is 1. The average Bonchev–Trinajstić information content (AvgIpc) is 3.26. The molecule has 0 bridgehead atoms. The van der Waals surface area contributed by atoms with E-state index in [4.69, 9.17) is 4.74 Å². The van der Waals surface area contributed by atoms with E-state index in [1.807, 2.05) is 19.9 Å². The van der Waals surface area contributed by atoms with Gasteiger partial charge in [0.25, 0.3) is 0 Å². The summed E-state index contributed by atoms with van der Waals surface area (Å²) in [6, 6.07) is 5.97. The van der Waals surface area contributed by atoms with Gasteiger partial charge < -0.3 is 10.1 Å². The summed E-state index contributed by atoms with van der Waals surface area (Å²) >= 11 is 1.49. The Hall–Kier alpha value is -2.68. The standard InChI is InChI=1S/C20H18F3N3O2S/c1-10(14-7-18(27)25-9-14)28-16-6-13(5-15-19(16)29-11(2)26-15)12-3-4-17(24-8-12)20(21,22)23/h3-6,8,10,14H,7,9H2,1-2H3,(H,25,27)/t10-,14?/m1/s1. The molecule has 1 N–H and O–H groups in total. The Bertz CT molecular complexity index is 1060. The topological polar surface area (TPSA) is 64.1 Å². The van der Waals surface area contributed by atoms with Crippen molar-refractivity contribution in [1.29, 1.82) is 0 Å². The van der Waals surface area contributed by atoms with Crippen LogP contribution in [0.1, 0.15) is 24.0 Å². The number of carbonyl (C=O) groups is 1. The normalized spacial score (nSPS) is 18.1. The number of nitrogens with zero attached hydrogens (tertiary/aromatic N) is 2. The molecule has 2 atom stereocenters. The first-order valence-corrected chi connectivity index (χ1v) is 9.90. The summed E-state index contributed by atoms with van der Waals surface area (Å²) < 4.78 is 45.4. The average molecular weight is 421 g/mol. The number of aromatic nitrogens is 2. The second kappa shape index (κ2) is 7.29. The highest BCUT2D eigenvalue weighted by Crippen LogP contribution is 2.38. The Kier molecular flexibility index (Phi) is 4.94. The lowest BCUT2D eigenvalue weighted by molar-refractivity contribution is -0.141. The van der Waals surface area contributed by atoms with Gasteiger partial charge in [-0.05, 0) is 37.6 Å². The number of nitrogens with one attached hydrogen (secondary N) is 1. The van der Waals surface area contributed by atoms with Gasteiger partial charge in [0.15, 0.2) is 0 Å². The summed E-state index contributed by atoms with van der Waals surface area (Å²) in [6.07, 6.45) is -3.07. The predicted molar refractivity (Wildman–Crippen MR) is 104 cm³/mol. The van der Waals surface area contributed by atoms with E-state index in [2.05, 4.69) is 15.3 Å². The van der Waals surface area contributed by atoms with E-state index < -0.39 is 11.9 Å². The second-order valence-corrected chi connectivity index (χ2v) is 8.28. The zero-order chi connectivity index (χ0) is 20.8. The smallest absolute Gasteiger partial charge is 0.433 e. The van der Waals surface area contributed by atoms with Crippen LogP contribution in [0.4, 0.5) is 13.2 Å². The summed E-state index contributed by atoms with van der Waals surface area (Å²) in [5.74, 6) is 0.673. The van der Waals surface area contributed by atoms with Crippen LogP contribution in [0.3, 0.4) is 0 Å². The first kappa shape index (κ1) is 19.6.